The van der Waals surface area contributed by atoms with Gasteiger partial charge in [-0.1, -0.05) is 91.5 Å². The molecule has 0 radical (unpaired) electrons. The van der Waals surface area contributed by atoms with E-state index in [0.717, 1.165) is 5.56 Å². The molecule has 0 aliphatic heterocycles. The smallest absolute Gasteiger partial charge is 0.331 e. The molecule has 0 spiro atoms. The lowest BCUT2D eigenvalue weighted by Crippen LogP contribution is -1.94. The molecule has 22 heavy (non-hydrogen) atoms. The Bertz CT molecular complexity index is 638. The SMILES string of the molecule is C=Cc1ccccc1.CC(=CC=Cc1ccccc1)C(=O)O. The second kappa shape index (κ2) is 9.94. The molecule has 0 unspecified atom stereocenters. The monoisotopic (exact) mass is 292 g/mol. The Kier molecular flexibility index (Phi) is 7.77. The highest BCUT2D eigenvalue weighted by Crippen LogP contribution is 2.02. The highest BCUT2D eigenvalue weighted by atomic mass is 16.4. The second-order valence-corrected chi connectivity index (χ2v) is 4.54. The highest BCUT2D eigenvalue weighted by Gasteiger charge is 1.95. The maximum absolute atomic E-state index is 10.4. The summed E-state index contributed by atoms with van der Waals surface area (Å²) in [5.74, 6) is -0.886. The summed E-state index contributed by atoms with van der Waals surface area (Å²) in [6, 6.07) is 19.8. The summed E-state index contributed by atoms with van der Waals surface area (Å²) in [6.45, 7) is 5.20. The minimum absolute atomic E-state index is 0.331. The van der Waals surface area contributed by atoms with Crippen LogP contribution in [0.15, 0.2) is 85.0 Å². The van der Waals surface area contributed by atoms with Crippen molar-refractivity contribution in [2.75, 3.05) is 0 Å². The fourth-order valence-electron chi connectivity index (χ4n) is 1.53. The minimum Gasteiger partial charge on any atom is -0.478 e. The van der Waals surface area contributed by atoms with E-state index in [0.29, 0.717) is 5.57 Å². The van der Waals surface area contributed by atoms with E-state index in [9.17, 15) is 4.79 Å². The van der Waals surface area contributed by atoms with Gasteiger partial charge in [-0.15, -0.1) is 0 Å². The summed E-state index contributed by atoms with van der Waals surface area (Å²) in [7, 11) is 0. The van der Waals surface area contributed by atoms with Gasteiger partial charge in [0.2, 0.25) is 0 Å². The Labute approximate surface area is 131 Å². The molecule has 0 bridgehead atoms. The normalized spacial score (nSPS) is 10.7. The Morgan fingerprint density at radius 2 is 1.45 bits per heavy atom. The lowest BCUT2D eigenvalue weighted by atomic mass is 10.2. The third-order valence-corrected chi connectivity index (χ3v) is 2.81. The fourth-order valence-corrected chi connectivity index (χ4v) is 1.53. The van der Waals surface area contributed by atoms with E-state index in [-0.39, 0.29) is 0 Å². The average Bonchev–Trinajstić information content (AvgIpc) is 2.57. The van der Waals surface area contributed by atoms with Crippen molar-refractivity contribution in [3.05, 3.63) is 96.1 Å². The van der Waals surface area contributed by atoms with E-state index in [1.165, 1.54) is 5.56 Å². The quantitative estimate of drug-likeness (QED) is 0.631. The number of benzene rings is 2. The molecule has 0 aliphatic carbocycles. The predicted molar refractivity (Wildman–Crippen MR) is 93.4 cm³/mol. The van der Waals surface area contributed by atoms with E-state index in [1.807, 2.05) is 72.8 Å². The summed E-state index contributed by atoms with van der Waals surface area (Å²) in [5, 5.41) is 8.58. The third-order valence-electron chi connectivity index (χ3n) is 2.81. The van der Waals surface area contributed by atoms with Crippen molar-refractivity contribution in [3.8, 4) is 0 Å². The predicted octanol–water partition coefficient (Wildman–Crippen LogP) is 5.06. The van der Waals surface area contributed by atoms with Gasteiger partial charge in [-0.3, -0.25) is 0 Å². The number of carboxylic acids is 1. The molecule has 2 aromatic carbocycles. The number of rotatable bonds is 4. The van der Waals surface area contributed by atoms with Crippen LogP contribution in [0.4, 0.5) is 0 Å². The zero-order valence-corrected chi connectivity index (χ0v) is 12.6. The van der Waals surface area contributed by atoms with Crippen molar-refractivity contribution >= 4 is 18.1 Å². The number of carboxylic acid groups (broad SMARTS) is 1. The zero-order valence-electron chi connectivity index (χ0n) is 12.6. The Morgan fingerprint density at radius 3 is 1.86 bits per heavy atom. The lowest BCUT2D eigenvalue weighted by Gasteiger charge is -1.90. The van der Waals surface area contributed by atoms with Crippen LogP contribution in [0.25, 0.3) is 12.2 Å². The van der Waals surface area contributed by atoms with Crippen molar-refractivity contribution in [1.29, 1.82) is 0 Å². The molecule has 0 saturated carbocycles. The summed E-state index contributed by atoms with van der Waals surface area (Å²) in [6.07, 6.45) is 7.01. The van der Waals surface area contributed by atoms with Gasteiger partial charge < -0.3 is 5.11 Å². The first-order valence-electron chi connectivity index (χ1n) is 6.94. The number of hydrogen-bond donors (Lipinski definition) is 1. The fraction of sp³-hybridized carbons (Fsp3) is 0.0500. The van der Waals surface area contributed by atoms with E-state index >= 15 is 0 Å². The van der Waals surface area contributed by atoms with Crippen molar-refractivity contribution in [1.82, 2.24) is 0 Å². The largest absolute Gasteiger partial charge is 0.478 e. The van der Waals surface area contributed by atoms with Crippen LogP contribution in [0.5, 0.6) is 0 Å². The minimum atomic E-state index is -0.886. The molecular formula is C20H20O2. The maximum atomic E-state index is 10.4. The van der Waals surface area contributed by atoms with E-state index in [1.54, 1.807) is 19.1 Å². The molecule has 0 amide bonds. The first kappa shape index (κ1) is 17.2. The topological polar surface area (TPSA) is 37.3 Å². The molecule has 1 N–H and O–H groups in total. The first-order chi connectivity index (χ1) is 10.6. The van der Waals surface area contributed by atoms with Crippen molar-refractivity contribution in [3.63, 3.8) is 0 Å². The third kappa shape index (κ3) is 7.06. The molecule has 0 aromatic heterocycles. The molecule has 2 heteroatoms. The number of carbonyl (C=O) groups is 1. The zero-order chi connectivity index (χ0) is 16.2. The average molecular weight is 292 g/mol. The van der Waals surface area contributed by atoms with Gasteiger partial charge in [0.05, 0.1) is 0 Å². The molecule has 2 rings (SSSR count). The lowest BCUT2D eigenvalue weighted by molar-refractivity contribution is -0.132. The summed E-state index contributed by atoms with van der Waals surface area (Å²) in [4.78, 5) is 10.4. The number of hydrogen-bond acceptors (Lipinski definition) is 1. The Hall–Kier alpha value is -2.87. The molecule has 0 aliphatic rings. The van der Waals surface area contributed by atoms with Crippen LogP contribution >= 0.6 is 0 Å². The molecule has 2 nitrogen and oxygen atoms in total. The van der Waals surface area contributed by atoms with E-state index < -0.39 is 5.97 Å². The van der Waals surface area contributed by atoms with Crippen LogP contribution in [0.3, 0.4) is 0 Å². The molecule has 0 saturated heterocycles. The molecule has 2 aromatic rings. The second-order valence-electron chi connectivity index (χ2n) is 4.54. The standard InChI is InChI=1S/C12H12O2.C8H8/c1-10(12(13)14)6-5-9-11-7-3-2-4-8-11;1-2-8-6-4-3-5-7-8/h2-9H,1H3,(H,13,14);2-7H,1H2. The van der Waals surface area contributed by atoms with Gasteiger partial charge in [-0.25, -0.2) is 4.79 Å². The highest BCUT2D eigenvalue weighted by molar-refractivity contribution is 5.86. The molecule has 0 heterocycles. The van der Waals surface area contributed by atoms with Crippen LogP contribution in [0, 0.1) is 0 Å². The van der Waals surface area contributed by atoms with Crippen molar-refractivity contribution < 1.29 is 9.90 Å². The van der Waals surface area contributed by atoms with Gasteiger partial charge in [0.25, 0.3) is 0 Å². The van der Waals surface area contributed by atoms with Gasteiger partial charge in [-0.05, 0) is 18.1 Å². The van der Waals surface area contributed by atoms with Crippen LogP contribution in [0.1, 0.15) is 18.1 Å². The van der Waals surface area contributed by atoms with Crippen LogP contribution < -0.4 is 0 Å². The van der Waals surface area contributed by atoms with Crippen molar-refractivity contribution in [2.45, 2.75) is 6.92 Å². The Morgan fingerprint density at radius 1 is 0.955 bits per heavy atom. The summed E-state index contributed by atoms with van der Waals surface area (Å²) in [5.41, 5.74) is 2.56. The Balaban J connectivity index is 0.000000255. The number of allylic oxidation sites excluding steroid dienone is 2. The van der Waals surface area contributed by atoms with Crippen LogP contribution in [0.2, 0.25) is 0 Å². The van der Waals surface area contributed by atoms with Gasteiger partial charge in [-0.2, -0.15) is 0 Å². The van der Waals surface area contributed by atoms with Gasteiger partial charge in [0.15, 0.2) is 0 Å². The van der Waals surface area contributed by atoms with Crippen molar-refractivity contribution in [2.24, 2.45) is 0 Å². The van der Waals surface area contributed by atoms with E-state index in [2.05, 4.69) is 6.58 Å². The van der Waals surface area contributed by atoms with Gasteiger partial charge in [0, 0.05) is 5.57 Å². The first-order valence-corrected chi connectivity index (χ1v) is 6.94. The van der Waals surface area contributed by atoms with E-state index in [4.69, 9.17) is 5.11 Å². The van der Waals surface area contributed by atoms with Gasteiger partial charge >= 0.3 is 5.97 Å². The maximum Gasteiger partial charge on any atom is 0.331 e. The van der Waals surface area contributed by atoms with Gasteiger partial charge in [0.1, 0.15) is 0 Å². The molecule has 0 atom stereocenters. The number of aliphatic carboxylic acids is 1. The molecule has 112 valence electrons. The summed E-state index contributed by atoms with van der Waals surface area (Å²) < 4.78 is 0. The van der Waals surface area contributed by atoms with Crippen LogP contribution in [-0.2, 0) is 4.79 Å². The van der Waals surface area contributed by atoms with Crippen LogP contribution in [-0.4, -0.2) is 11.1 Å². The molecule has 0 fully saturated rings. The molecular weight excluding hydrogens is 272 g/mol. The summed E-state index contributed by atoms with van der Waals surface area (Å²) >= 11 is 0.